The van der Waals surface area contributed by atoms with Crippen molar-refractivity contribution in [3.8, 4) is 0 Å². The maximum absolute atomic E-state index is 13.2. The quantitative estimate of drug-likeness (QED) is 0.787. The fourth-order valence-corrected chi connectivity index (χ4v) is 5.55. The van der Waals surface area contributed by atoms with Gasteiger partial charge in [-0.15, -0.1) is 0 Å². The van der Waals surface area contributed by atoms with Gasteiger partial charge in [0.1, 0.15) is 0 Å². The number of nitrogens with zero attached hydrogens (tertiary/aromatic N) is 4. The van der Waals surface area contributed by atoms with E-state index in [2.05, 4.69) is 26.1 Å². The summed E-state index contributed by atoms with van der Waals surface area (Å²) in [6.45, 7) is 4.29. The minimum Gasteiger partial charge on any atom is -0.342 e. The minimum absolute atomic E-state index is 0.0492. The van der Waals surface area contributed by atoms with Crippen molar-refractivity contribution < 1.29 is 9.59 Å². The van der Waals surface area contributed by atoms with Crippen molar-refractivity contribution in [1.29, 1.82) is 0 Å². The first kappa shape index (κ1) is 19.4. The molecule has 2 aliphatic heterocycles. The van der Waals surface area contributed by atoms with Crippen LogP contribution in [-0.2, 0) is 16.8 Å². The summed E-state index contributed by atoms with van der Waals surface area (Å²) in [7, 11) is 0. The number of ketones is 1. The van der Waals surface area contributed by atoms with Gasteiger partial charge in [-0.3, -0.25) is 14.5 Å². The van der Waals surface area contributed by atoms with E-state index < -0.39 is 0 Å². The average Bonchev–Trinajstić information content (AvgIpc) is 3.07. The Balaban J connectivity index is 1.16. The molecule has 6 nitrogen and oxygen atoms in total. The van der Waals surface area contributed by atoms with Crippen molar-refractivity contribution in [1.82, 2.24) is 20.0 Å². The molecule has 0 unspecified atom stereocenters. The molecule has 2 aromatic rings. The Morgan fingerprint density at radius 2 is 1.80 bits per heavy atom. The number of amides is 1. The second-order valence-corrected chi connectivity index (χ2v) is 9.05. The van der Waals surface area contributed by atoms with Gasteiger partial charge in [0, 0.05) is 49.1 Å². The molecule has 3 aliphatic rings. The van der Waals surface area contributed by atoms with Crippen LogP contribution in [0.3, 0.4) is 0 Å². The van der Waals surface area contributed by atoms with Crippen LogP contribution in [0.4, 0.5) is 0 Å². The molecule has 2 fully saturated rings. The number of carbonyl (C=O) groups excluding carboxylic acids is 2. The van der Waals surface area contributed by atoms with Crippen LogP contribution in [0.25, 0.3) is 0 Å². The summed E-state index contributed by atoms with van der Waals surface area (Å²) in [5.41, 5.74) is 3.23. The monoisotopic (exact) mass is 404 g/mol. The van der Waals surface area contributed by atoms with Gasteiger partial charge in [-0.2, -0.15) is 10.2 Å². The van der Waals surface area contributed by atoms with E-state index in [4.69, 9.17) is 0 Å². The fraction of sp³-hybridized carbons (Fsp3) is 0.500. The lowest BCUT2D eigenvalue weighted by Crippen LogP contribution is -2.48. The van der Waals surface area contributed by atoms with E-state index in [0.29, 0.717) is 12.3 Å². The molecule has 1 aliphatic carbocycles. The van der Waals surface area contributed by atoms with Gasteiger partial charge < -0.3 is 4.90 Å². The van der Waals surface area contributed by atoms with E-state index in [1.54, 1.807) is 6.20 Å². The van der Waals surface area contributed by atoms with Crippen LogP contribution in [0.1, 0.15) is 53.6 Å². The third kappa shape index (κ3) is 3.54. The van der Waals surface area contributed by atoms with Gasteiger partial charge in [0.2, 0.25) is 5.91 Å². The summed E-state index contributed by atoms with van der Waals surface area (Å²) in [6, 6.07) is 10.1. The number of carbonyl (C=O) groups is 2. The number of hydrogen-bond donors (Lipinski definition) is 0. The first-order valence-corrected chi connectivity index (χ1v) is 11.0. The number of aromatic nitrogens is 2. The number of hydrogen-bond acceptors (Lipinski definition) is 5. The third-order valence-corrected chi connectivity index (χ3v) is 7.32. The van der Waals surface area contributed by atoms with Crippen LogP contribution in [0.5, 0.6) is 0 Å². The molecule has 0 radical (unpaired) electrons. The molecule has 30 heavy (non-hydrogen) atoms. The van der Waals surface area contributed by atoms with Crippen LogP contribution in [0.2, 0.25) is 0 Å². The lowest BCUT2D eigenvalue weighted by Gasteiger charge is -2.41. The van der Waals surface area contributed by atoms with E-state index >= 15 is 0 Å². The Morgan fingerprint density at radius 1 is 1.03 bits per heavy atom. The Kier molecular flexibility index (Phi) is 5.11. The highest BCUT2D eigenvalue weighted by atomic mass is 16.2. The topological polar surface area (TPSA) is 66.4 Å². The van der Waals surface area contributed by atoms with Crippen molar-refractivity contribution in [3.63, 3.8) is 0 Å². The largest absolute Gasteiger partial charge is 0.342 e. The molecule has 1 amide bonds. The molecule has 156 valence electrons. The fourth-order valence-electron chi connectivity index (χ4n) is 5.55. The zero-order valence-corrected chi connectivity index (χ0v) is 17.3. The average molecular weight is 405 g/mol. The second kappa shape index (κ2) is 7.91. The second-order valence-electron chi connectivity index (χ2n) is 9.05. The summed E-state index contributed by atoms with van der Waals surface area (Å²) in [5.74, 6) is 0.707. The molecule has 0 saturated carbocycles. The minimum atomic E-state index is -0.0492. The number of piperidine rings is 2. The van der Waals surface area contributed by atoms with Crippen molar-refractivity contribution in [3.05, 3.63) is 59.4 Å². The molecule has 0 bridgehead atoms. The molecule has 1 aromatic heterocycles. The van der Waals surface area contributed by atoms with Crippen LogP contribution >= 0.6 is 0 Å². The lowest BCUT2D eigenvalue weighted by molar-refractivity contribution is -0.138. The maximum atomic E-state index is 13.2. The molecular weight excluding hydrogens is 376 g/mol. The predicted molar refractivity (Wildman–Crippen MR) is 113 cm³/mol. The summed E-state index contributed by atoms with van der Waals surface area (Å²) in [6.07, 6.45) is 7.78. The van der Waals surface area contributed by atoms with Gasteiger partial charge in [0.05, 0.1) is 6.20 Å². The van der Waals surface area contributed by atoms with E-state index in [-0.39, 0.29) is 17.1 Å². The number of fused-ring (bicyclic) bond motifs is 2. The van der Waals surface area contributed by atoms with E-state index in [0.717, 1.165) is 64.0 Å². The Bertz CT molecular complexity index is 929. The van der Waals surface area contributed by atoms with Crippen LogP contribution in [0.15, 0.2) is 42.7 Å². The van der Waals surface area contributed by atoms with E-state index in [1.807, 2.05) is 30.5 Å². The van der Waals surface area contributed by atoms with Crippen molar-refractivity contribution >= 4 is 11.7 Å². The molecule has 0 atom stereocenters. The third-order valence-electron chi connectivity index (χ3n) is 7.32. The highest BCUT2D eigenvalue weighted by Gasteiger charge is 2.46. The zero-order valence-electron chi connectivity index (χ0n) is 17.3. The highest BCUT2D eigenvalue weighted by Crippen LogP contribution is 2.46. The molecule has 6 heteroatoms. The lowest BCUT2D eigenvalue weighted by atomic mass is 9.73. The molecular formula is C24H28N4O2. The summed E-state index contributed by atoms with van der Waals surface area (Å²) in [5, 5.41) is 7.78. The number of rotatable bonds is 3. The smallest absolute Gasteiger partial charge is 0.225 e. The maximum Gasteiger partial charge on any atom is 0.225 e. The van der Waals surface area contributed by atoms with Crippen molar-refractivity contribution in [2.45, 2.75) is 44.1 Å². The standard InChI is InChI=1S/C24H28N4O2/c29-22-15-24(21-4-2-1-3-20(21)22)8-13-28(14-9-24)23(30)19-6-11-27(12-7-19)17-18-5-10-25-26-16-18/h1-5,10,16,19H,6-9,11-15,17H2. The number of benzene rings is 1. The van der Waals surface area contributed by atoms with Gasteiger partial charge in [0.25, 0.3) is 0 Å². The van der Waals surface area contributed by atoms with Gasteiger partial charge in [0.15, 0.2) is 5.78 Å². The summed E-state index contributed by atoms with van der Waals surface area (Å²) in [4.78, 5) is 30.1. The molecule has 1 aromatic carbocycles. The van der Waals surface area contributed by atoms with Gasteiger partial charge in [-0.05, 0) is 56.0 Å². The summed E-state index contributed by atoms with van der Waals surface area (Å²) >= 11 is 0. The molecule has 5 rings (SSSR count). The highest BCUT2D eigenvalue weighted by molar-refractivity contribution is 6.02. The van der Waals surface area contributed by atoms with Crippen molar-refractivity contribution in [2.24, 2.45) is 5.92 Å². The number of likely N-dealkylation sites (tertiary alicyclic amines) is 2. The SMILES string of the molecule is O=C1CC2(CCN(C(=O)C3CCN(Cc4ccnnc4)CC3)CC2)c2ccccc21. The first-order valence-electron chi connectivity index (χ1n) is 11.0. The molecule has 3 heterocycles. The normalized spacial score (nSPS) is 21.7. The van der Waals surface area contributed by atoms with Gasteiger partial charge in [-0.1, -0.05) is 24.3 Å². The van der Waals surface area contributed by atoms with Crippen LogP contribution in [0, 0.1) is 5.92 Å². The van der Waals surface area contributed by atoms with Crippen LogP contribution < -0.4 is 0 Å². The molecule has 1 spiro atoms. The molecule has 2 saturated heterocycles. The Labute approximate surface area is 177 Å². The first-order chi connectivity index (χ1) is 14.6. The summed E-state index contributed by atoms with van der Waals surface area (Å²) < 4.78 is 0. The zero-order chi connectivity index (χ0) is 20.6. The van der Waals surface area contributed by atoms with Gasteiger partial charge >= 0.3 is 0 Å². The van der Waals surface area contributed by atoms with Crippen LogP contribution in [-0.4, -0.2) is 57.9 Å². The van der Waals surface area contributed by atoms with Gasteiger partial charge in [-0.25, -0.2) is 0 Å². The Hall–Kier alpha value is -2.60. The van der Waals surface area contributed by atoms with Crippen molar-refractivity contribution in [2.75, 3.05) is 26.2 Å². The van der Waals surface area contributed by atoms with E-state index in [1.165, 1.54) is 11.1 Å². The van der Waals surface area contributed by atoms with E-state index in [9.17, 15) is 9.59 Å². The predicted octanol–water partition coefficient (Wildman–Crippen LogP) is 2.84. The molecule has 0 N–H and O–H groups in total. The number of Topliss-reactive ketones (excluding diaryl/α,β-unsaturated/α-hetero) is 1. The Morgan fingerprint density at radius 3 is 2.53 bits per heavy atom.